The highest BCUT2D eigenvalue weighted by Crippen LogP contribution is 2.24. The van der Waals surface area contributed by atoms with Gasteiger partial charge in [0.25, 0.3) is 5.91 Å². The smallest absolute Gasteiger partial charge is 0.271 e. The molecular formula is C15H14N2O3. The zero-order chi connectivity index (χ0) is 14.5. The molecule has 0 saturated carbocycles. The number of aryl methyl sites for hydroxylation is 1. The highest BCUT2D eigenvalue weighted by molar-refractivity contribution is 5.95. The summed E-state index contributed by atoms with van der Waals surface area (Å²) in [4.78, 5) is 11.7. The Kier molecular flexibility index (Phi) is 4.00. The number of rotatable bonds is 3. The molecular weight excluding hydrogens is 256 g/mol. The summed E-state index contributed by atoms with van der Waals surface area (Å²) in [5, 5.41) is 22.8. The van der Waals surface area contributed by atoms with Crippen LogP contribution in [0.1, 0.15) is 21.5 Å². The van der Waals surface area contributed by atoms with Crippen LogP contribution < -0.4 is 5.43 Å². The van der Waals surface area contributed by atoms with Crippen molar-refractivity contribution in [1.29, 1.82) is 0 Å². The number of carbonyl (C=O) groups excluding carboxylic acids is 1. The molecule has 0 aliphatic carbocycles. The molecule has 0 atom stereocenters. The number of hydrogen-bond donors (Lipinski definition) is 3. The molecule has 0 saturated heterocycles. The molecule has 0 unspecified atom stereocenters. The maximum absolute atomic E-state index is 11.7. The first kappa shape index (κ1) is 13.6. The van der Waals surface area contributed by atoms with Crippen LogP contribution in [-0.2, 0) is 0 Å². The molecule has 0 spiro atoms. The molecule has 102 valence electrons. The van der Waals surface area contributed by atoms with Gasteiger partial charge >= 0.3 is 0 Å². The van der Waals surface area contributed by atoms with Crippen molar-refractivity contribution in [2.24, 2.45) is 5.10 Å². The van der Waals surface area contributed by atoms with E-state index in [0.717, 1.165) is 0 Å². The van der Waals surface area contributed by atoms with Gasteiger partial charge in [-0.05, 0) is 30.7 Å². The SMILES string of the molecule is Cc1cc(O)cc(O)c1C=NNC(=O)c1ccccc1. The van der Waals surface area contributed by atoms with Gasteiger partial charge in [-0.3, -0.25) is 4.79 Å². The van der Waals surface area contributed by atoms with Crippen molar-refractivity contribution in [1.82, 2.24) is 5.43 Å². The second-order valence-corrected chi connectivity index (χ2v) is 4.26. The van der Waals surface area contributed by atoms with Crippen LogP contribution in [0.3, 0.4) is 0 Å². The van der Waals surface area contributed by atoms with E-state index >= 15 is 0 Å². The topological polar surface area (TPSA) is 81.9 Å². The fourth-order valence-corrected chi connectivity index (χ4v) is 1.74. The predicted molar refractivity (Wildman–Crippen MR) is 76.0 cm³/mol. The van der Waals surface area contributed by atoms with Crippen molar-refractivity contribution in [3.8, 4) is 11.5 Å². The monoisotopic (exact) mass is 270 g/mol. The van der Waals surface area contributed by atoms with Gasteiger partial charge in [0.05, 0.1) is 6.21 Å². The average molecular weight is 270 g/mol. The van der Waals surface area contributed by atoms with Gasteiger partial charge in [-0.2, -0.15) is 5.10 Å². The number of aromatic hydroxyl groups is 2. The zero-order valence-electron chi connectivity index (χ0n) is 10.9. The molecule has 0 heterocycles. The van der Waals surface area contributed by atoms with E-state index in [-0.39, 0.29) is 17.4 Å². The molecule has 0 bridgehead atoms. The summed E-state index contributed by atoms with van der Waals surface area (Å²) >= 11 is 0. The number of hydrazone groups is 1. The number of nitrogens with one attached hydrogen (secondary N) is 1. The van der Waals surface area contributed by atoms with Gasteiger partial charge in [0.1, 0.15) is 11.5 Å². The van der Waals surface area contributed by atoms with Crippen LogP contribution in [0.2, 0.25) is 0 Å². The molecule has 0 fully saturated rings. The van der Waals surface area contributed by atoms with Gasteiger partial charge in [-0.25, -0.2) is 5.43 Å². The third-order valence-corrected chi connectivity index (χ3v) is 2.75. The van der Waals surface area contributed by atoms with E-state index in [1.165, 1.54) is 18.3 Å². The highest BCUT2D eigenvalue weighted by atomic mass is 16.3. The number of phenols is 2. The fourth-order valence-electron chi connectivity index (χ4n) is 1.74. The molecule has 1 amide bonds. The number of carbonyl (C=O) groups is 1. The van der Waals surface area contributed by atoms with Gasteiger partial charge in [0, 0.05) is 17.2 Å². The predicted octanol–water partition coefficient (Wildman–Crippen LogP) is 2.17. The molecule has 3 N–H and O–H groups in total. The lowest BCUT2D eigenvalue weighted by Crippen LogP contribution is -2.17. The first-order valence-electron chi connectivity index (χ1n) is 5.99. The minimum absolute atomic E-state index is 0.0227. The Morgan fingerprint density at radius 2 is 1.90 bits per heavy atom. The quantitative estimate of drug-likeness (QED) is 0.590. The summed E-state index contributed by atoms with van der Waals surface area (Å²) in [6.45, 7) is 1.72. The lowest BCUT2D eigenvalue weighted by molar-refractivity contribution is 0.0955. The van der Waals surface area contributed by atoms with Crippen LogP contribution in [0.25, 0.3) is 0 Å². The van der Waals surface area contributed by atoms with E-state index in [9.17, 15) is 15.0 Å². The van der Waals surface area contributed by atoms with E-state index in [1.807, 2.05) is 6.07 Å². The van der Waals surface area contributed by atoms with E-state index < -0.39 is 0 Å². The van der Waals surface area contributed by atoms with Crippen LogP contribution in [0.5, 0.6) is 11.5 Å². The second-order valence-electron chi connectivity index (χ2n) is 4.26. The number of benzene rings is 2. The summed E-state index contributed by atoms with van der Waals surface area (Å²) in [6, 6.07) is 11.4. The normalized spacial score (nSPS) is 10.7. The van der Waals surface area contributed by atoms with Crippen molar-refractivity contribution in [2.45, 2.75) is 6.92 Å². The number of amides is 1. The van der Waals surface area contributed by atoms with Crippen LogP contribution in [-0.4, -0.2) is 22.3 Å². The third kappa shape index (κ3) is 3.14. The number of hydrogen-bond acceptors (Lipinski definition) is 4. The number of nitrogens with zero attached hydrogens (tertiary/aromatic N) is 1. The van der Waals surface area contributed by atoms with Crippen molar-refractivity contribution in [3.05, 3.63) is 59.2 Å². The zero-order valence-corrected chi connectivity index (χ0v) is 10.9. The summed E-state index contributed by atoms with van der Waals surface area (Å²) in [6.07, 6.45) is 1.34. The third-order valence-electron chi connectivity index (χ3n) is 2.75. The van der Waals surface area contributed by atoms with Gasteiger partial charge in [-0.15, -0.1) is 0 Å². The Bertz CT molecular complexity index is 628. The van der Waals surface area contributed by atoms with Gasteiger partial charge in [0.15, 0.2) is 0 Å². The molecule has 0 radical (unpaired) electrons. The Hall–Kier alpha value is -2.82. The Balaban J connectivity index is 2.10. The molecule has 5 heteroatoms. The van der Waals surface area contributed by atoms with Crippen LogP contribution >= 0.6 is 0 Å². The molecule has 20 heavy (non-hydrogen) atoms. The summed E-state index contributed by atoms with van der Waals surface area (Å²) in [5.74, 6) is -0.455. The largest absolute Gasteiger partial charge is 0.508 e. The number of phenolic OH excluding ortho intramolecular Hbond substituents is 2. The van der Waals surface area contributed by atoms with Crippen molar-refractivity contribution < 1.29 is 15.0 Å². The average Bonchev–Trinajstić information content (AvgIpc) is 2.42. The molecule has 0 aromatic heterocycles. The summed E-state index contributed by atoms with van der Waals surface area (Å²) < 4.78 is 0. The highest BCUT2D eigenvalue weighted by Gasteiger charge is 2.06. The molecule has 5 nitrogen and oxygen atoms in total. The molecule has 2 aromatic carbocycles. The minimum atomic E-state index is -0.335. The maximum Gasteiger partial charge on any atom is 0.271 e. The second kappa shape index (κ2) is 5.88. The van der Waals surface area contributed by atoms with Crippen LogP contribution in [0, 0.1) is 6.92 Å². The van der Waals surface area contributed by atoms with Gasteiger partial charge in [-0.1, -0.05) is 18.2 Å². The van der Waals surface area contributed by atoms with E-state index in [4.69, 9.17) is 0 Å². The summed E-state index contributed by atoms with van der Waals surface area (Å²) in [7, 11) is 0. The van der Waals surface area contributed by atoms with Crippen LogP contribution in [0.4, 0.5) is 0 Å². The Morgan fingerprint density at radius 3 is 2.55 bits per heavy atom. The van der Waals surface area contributed by atoms with E-state index in [0.29, 0.717) is 16.7 Å². The van der Waals surface area contributed by atoms with Crippen LogP contribution in [0.15, 0.2) is 47.6 Å². The summed E-state index contributed by atoms with van der Waals surface area (Å²) in [5.41, 5.74) is 3.96. The van der Waals surface area contributed by atoms with E-state index in [1.54, 1.807) is 31.2 Å². The van der Waals surface area contributed by atoms with E-state index in [2.05, 4.69) is 10.5 Å². The molecule has 2 rings (SSSR count). The Morgan fingerprint density at radius 1 is 1.20 bits per heavy atom. The van der Waals surface area contributed by atoms with Gasteiger partial charge in [0.2, 0.25) is 0 Å². The van der Waals surface area contributed by atoms with Crippen molar-refractivity contribution >= 4 is 12.1 Å². The first-order chi connectivity index (χ1) is 9.58. The van der Waals surface area contributed by atoms with Crippen molar-refractivity contribution in [2.75, 3.05) is 0 Å². The lowest BCUT2D eigenvalue weighted by Gasteiger charge is -2.04. The minimum Gasteiger partial charge on any atom is -0.508 e. The fraction of sp³-hybridized carbons (Fsp3) is 0.0667. The molecule has 0 aliphatic rings. The first-order valence-corrected chi connectivity index (χ1v) is 5.99. The lowest BCUT2D eigenvalue weighted by atomic mass is 10.1. The molecule has 0 aliphatic heterocycles. The van der Waals surface area contributed by atoms with Crippen molar-refractivity contribution in [3.63, 3.8) is 0 Å². The maximum atomic E-state index is 11.7. The Labute approximate surface area is 116 Å². The standard InChI is InChI=1S/C15H14N2O3/c1-10-7-12(18)8-14(19)13(10)9-16-17-15(20)11-5-3-2-4-6-11/h2-9,18-19H,1H3,(H,17,20). The van der Waals surface area contributed by atoms with Gasteiger partial charge < -0.3 is 10.2 Å². The molecule has 2 aromatic rings.